The van der Waals surface area contributed by atoms with Gasteiger partial charge in [0.15, 0.2) is 0 Å². The molecule has 23 heavy (non-hydrogen) atoms. The van der Waals surface area contributed by atoms with E-state index in [0.717, 1.165) is 21.6 Å². The van der Waals surface area contributed by atoms with Gasteiger partial charge in [-0.3, -0.25) is 9.98 Å². The number of thiazole rings is 1. The second kappa shape index (κ2) is 7.15. The molecule has 0 saturated heterocycles. The zero-order chi connectivity index (χ0) is 16.1. The predicted octanol–water partition coefficient (Wildman–Crippen LogP) is 3.80. The van der Waals surface area contributed by atoms with Crippen LogP contribution in [0.15, 0.2) is 70.3 Å². The van der Waals surface area contributed by atoms with Crippen molar-refractivity contribution >= 4 is 17.6 Å². The van der Waals surface area contributed by atoms with Gasteiger partial charge in [0.2, 0.25) is 4.80 Å². The highest BCUT2D eigenvalue weighted by molar-refractivity contribution is 7.07. The van der Waals surface area contributed by atoms with Crippen LogP contribution in [0.25, 0.3) is 11.3 Å². The van der Waals surface area contributed by atoms with E-state index >= 15 is 0 Å². The van der Waals surface area contributed by atoms with E-state index in [1.54, 1.807) is 23.7 Å². The van der Waals surface area contributed by atoms with Gasteiger partial charge in [-0.25, -0.2) is 4.68 Å². The molecule has 0 aliphatic rings. The van der Waals surface area contributed by atoms with Crippen LogP contribution in [0.3, 0.4) is 0 Å². The van der Waals surface area contributed by atoms with Crippen molar-refractivity contribution in [3.05, 3.63) is 70.6 Å². The van der Waals surface area contributed by atoms with Crippen LogP contribution >= 0.6 is 11.3 Å². The topological polar surface area (TPSA) is 42.5 Å². The van der Waals surface area contributed by atoms with E-state index in [1.807, 2.05) is 41.2 Å². The van der Waals surface area contributed by atoms with Crippen molar-refractivity contribution in [3.63, 3.8) is 0 Å². The fourth-order valence-electron chi connectivity index (χ4n) is 2.10. The first-order valence-corrected chi connectivity index (χ1v) is 8.36. The van der Waals surface area contributed by atoms with E-state index in [0.29, 0.717) is 0 Å². The molecule has 0 N–H and O–H groups in total. The molecule has 2 heterocycles. The fourth-order valence-corrected chi connectivity index (χ4v) is 3.07. The van der Waals surface area contributed by atoms with Crippen molar-refractivity contribution in [1.29, 1.82) is 0 Å². The number of pyridine rings is 1. The number of hydrogen-bond donors (Lipinski definition) is 0. The Kier molecular flexibility index (Phi) is 4.78. The van der Waals surface area contributed by atoms with Gasteiger partial charge < -0.3 is 0 Å². The van der Waals surface area contributed by atoms with Crippen molar-refractivity contribution in [1.82, 2.24) is 9.66 Å². The summed E-state index contributed by atoms with van der Waals surface area (Å²) in [5.74, 6) is 0. The molecule has 4 nitrogen and oxygen atoms in total. The van der Waals surface area contributed by atoms with Crippen LogP contribution < -0.4 is 4.80 Å². The molecule has 116 valence electrons. The first kappa shape index (κ1) is 15.4. The molecule has 3 rings (SSSR count). The van der Waals surface area contributed by atoms with Crippen molar-refractivity contribution in [3.8, 4) is 11.3 Å². The summed E-state index contributed by atoms with van der Waals surface area (Å²) >= 11 is 1.60. The summed E-state index contributed by atoms with van der Waals surface area (Å²) in [4.78, 5) is 9.59. The zero-order valence-corrected chi connectivity index (χ0v) is 13.9. The summed E-state index contributed by atoms with van der Waals surface area (Å²) in [6.45, 7) is 4.14. The summed E-state index contributed by atoms with van der Waals surface area (Å²) in [5.41, 5.74) is 3.18. The molecule has 0 atom stereocenters. The summed E-state index contributed by atoms with van der Waals surface area (Å²) in [6, 6.07) is 14.3. The maximum atomic E-state index is 4.67. The molecule has 0 fully saturated rings. The minimum atomic E-state index is 0.222. The van der Waals surface area contributed by atoms with E-state index in [1.165, 1.54) is 0 Å². The van der Waals surface area contributed by atoms with Crippen LogP contribution in [-0.2, 0) is 0 Å². The molecule has 0 spiro atoms. The lowest BCUT2D eigenvalue weighted by Crippen LogP contribution is -2.14. The molecular formula is C18H18N4S. The molecule has 1 aromatic carbocycles. The number of benzene rings is 1. The number of aromatic nitrogens is 2. The molecule has 5 heteroatoms. The highest BCUT2D eigenvalue weighted by Crippen LogP contribution is 2.19. The Morgan fingerprint density at radius 3 is 2.52 bits per heavy atom. The number of hydrogen-bond acceptors (Lipinski definition) is 4. The van der Waals surface area contributed by atoms with Crippen LogP contribution in [0.4, 0.5) is 0 Å². The van der Waals surface area contributed by atoms with Crippen LogP contribution in [0.1, 0.15) is 19.4 Å². The second-order valence-electron chi connectivity index (χ2n) is 5.33. The maximum absolute atomic E-state index is 4.67. The highest BCUT2D eigenvalue weighted by atomic mass is 32.1. The highest BCUT2D eigenvalue weighted by Gasteiger charge is 2.07. The van der Waals surface area contributed by atoms with Crippen LogP contribution in [0.2, 0.25) is 0 Å². The maximum Gasteiger partial charge on any atom is 0.206 e. The Bertz CT molecular complexity index is 845. The van der Waals surface area contributed by atoms with Crippen molar-refractivity contribution in [2.24, 2.45) is 10.1 Å². The lowest BCUT2D eigenvalue weighted by molar-refractivity contribution is 0.754. The molecule has 0 radical (unpaired) electrons. The van der Waals surface area contributed by atoms with Crippen molar-refractivity contribution < 1.29 is 0 Å². The summed E-state index contributed by atoms with van der Waals surface area (Å²) in [6.07, 6.45) is 5.36. The van der Waals surface area contributed by atoms with Gasteiger partial charge in [0.25, 0.3) is 0 Å². The normalized spacial score (nSPS) is 12.4. The predicted molar refractivity (Wildman–Crippen MR) is 95.7 cm³/mol. The van der Waals surface area contributed by atoms with Gasteiger partial charge in [-0.2, -0.15) is 5.10 Å². The lowest BCUT2D eigenvalue weighted by atomic mass is 10.2. The lowest BCUT2D eigenvalue weighted by Gasteiger charge is -2.04. The Balaban J connectivity index is 2.09. The van der Waals surface area contributed by atoms with Gasteiger partial charge >= 0.3 is 0 Å². The Morgan fingerprint density at radius 1 is 1.09 bits per heavy atom. The fraction of sp³-hybridized carbons (Fsp3) is 0.167. The van der Waals surface area contributed by atoms with E-state index in [4.69, 9.17) is 0 Å². The van der Waals surface area contributed by atoms with Gasteiger partial charge in [-0.05, 0) is 31.5 Å². The van der Waals surface area contributed by atoms with Gasteiger partial charge in [0, 0.05) is 29.4 Å². The molecule has 0 saturated carbocycles. The van der Waals surface area contributed by atoms with Crippen LogP contribution in [0, 0.1) is 0 Å². The molecule has 0 bridgehead atoms. The van der Waals surface area contributed by atoms with Gasteiger partial charge in [-0.15, -0.1) is 11.3 Å². The molecule has 2 aromatic heterocycles. The van der Waals surface area contributed by atoms with Gasteiger partial charge in [0.05, 0.1) is 11.9 Å². The summed E-state index contributed by atoms with van der Waals surface area (Å²) in [5, 5.41) is 6.74. The minimum Gasteiger partial charge on any atom is -0.265 e. The summed E-state index contributed by atoms with van der Waals surface area (Å²) in [7, 11) is 0. The first-order chi connectivity index (χ1) is 11.2. The largest absolute Gasteiger partial charge is 0.265 e. The summed E-state index contributed by atoms with van der Waals surface area (Å²) < 4.78 is 1.90. The smallest absolute Gasteiger partial charge is 0.206 e. The Labute approximate surface area is 139 Å². The van der Waals surface area contributed by atoms with Gasteiger partial charge in [-0.1, -0.05) is 30.3 Å². The third-order valence-corrected chi connectivity index (χ3v) is 3.98. The van der Waals surface area contributed by atoms with Gasteiger partial charge in [0.1, 0.15) is 0 Å². The first-order valence-electron chi connectivity index (χ1n) is 7.48. The standard InChI is InChI=1S/C18H18N4S/c1-14(2)21-18-22(20-12-15-8-10-19-11-9-15)17(13-23-18)16-6-4-3-5-7-16/h3-14H,1-2H3. The molecule has 0 aliphatic heterocycles. The monoisotopic (exact) mass is 322 g/mol. The molecular weight excluding hydrogens is 304 g/mol. The number of nitrogens with zero attached hydrogens (tertiary/aromatic N) is 4. The van der Waals surface area contributed by atoms with E-state index in [-0.39, 0.29) is 6.04 Å². The average molecular weight is 322 g/mol. The quantitative estimate of drug-likeness (QED) is 0.674. The molecule has 0 amide bonds. The molecule has 3 aromatic rings. The van der Waals surface area contributed by atoms with Crippen LogP contribution in [0.5, 0.6) is 0 Å². The van der Waals surface area contributed by atoms with E-state index in [9.17, 15) is 0 Å². The van der Waals surface area contributed by atoms with E-state index < -0.39 is 0 Å². The SMILES string of the molecule is CC(C)N=c1scc(-c2ccccc2)n1N=Cc1ccncc1. The second-order valence-corrected chi connectivity index (χ2v) is 6.17. The average Bonchev–Trinajstić information content (AvgIpc) is 2.96. The van der Waals surface area contributed by atoms with Crippen molar-refractivity contribution in [2.45, 2.75) is 19.9 Å². The molecule has 0 unspecified atom stereocenters. The van der Waals surface area contributed by atoms with E-state index in [2.05, 4.69) is 46.4 Å². The third-order valence-electron chi connectivity index (χ3n) is 3.15. The Hall–Kier alpha value is -2.53. The third kappa shape index (κ3) is 3.81. The Morgan fingerprint density at radius 2 is 1.83 bits per heavy atom. The van der Waals surface area contributed by atoms with Crippen molar-refractivity contribution in [2.75, 3.05) is 0 Å². The molecule has 0 aliphatic carbocycles. The van der Waals surface area contributed by atoms with Crippen LogP contribution in [-0.4, -0.2) is 21.9 Å². The zero-order valence-electron chi connectivity index (χ0n) is 13.1. The number of rotatable bonds is 4. The minimum absolute atomic E-state index is 0.222.